The summed E-state index contributed by atoms with van der Waals surface area (Å²) in [5.41, 5.74) is 1.03. The normalized spacial score (nSPS) is 10.9. The minimum absolute atomic E-state index is 0.0117. The zero-order valence-corrected chi connectivity index (χ0v) is 20.8. The molecule has 0 radical (unpaired) electrons. The van der Waals surface area contributed by atoms with Gasteiger partial charge in [0.25, 0.3) is 10.0 Å². The van der Waals surface area contributed by atoms with E-state index in [1.165, 1.54) is 36.4 Å². The van der Waals surface area contributed by atoms with Crippen LogP contribution in [0.4, 0.5) is 11.4 Å². The monoisotopic (exact) mass is 516 g/mol. The number of carbonyl (C=O) groups is 2. The topological polar surface area (TPSA) is 102 Å². The number of ether oxygens (including phenoxy) is 2. The molecular formula is C25H25ClN2O6S. The average Bonchev–Trinajstić information content (AvgIpc) is 2.84. The van der Waals surface area contributed by atoms with Crippen LogP contribution in [0.2, 0.25) is 5.02 Å². The molecule has 3 aromatic carbocycles. The van der Waals surface area contributed by atoms with Gasteiger partial charge in [-0.1, -0.05) is 11.6 Å². The van der Waals surface area contributed by atoms with Gasteiger partial charge in [-0.15, -0.1) is 0 Å². The molecule has 35 heavy (non-hydrogen) atoms. The van der Waals surface area contributed by atoms with Crippen molar-refractivity contribution in [1.82, 2.24) is 0 Å². The van der Waals surface area contributed by atoms with E-state index in [9.17, 15) is 18.0 Å². The van der Waals surface area contributed by atoms with Gasteiger partial charge in [0.05, 0.1) is 29.4 Å². The lowest BCUT2D eigenvalue weighted by Gasteiger charge is -2.24. The lowest BCUT2D eigenvalue weighted by atomic mass is 10.2. The highest BCUT2D eigenvalue weighted by Crippen LogP contribution is 2.27. The quantitative estimate of drug-likeness (QED) is 0.390. The molecule has 0 heterocycles. The predicted molar refractivity (Wildman–Crippen MR) is 135 cm³/mol. The van der Waals surface area contributed by atoms with Crippen molar-refractivity contribution >= 4 is 44.9 Å². The molecule has 0 fully saturated rings. The van der Waals surface area contributed by atoms with Crippen molar-refractivity contribution < 1.29 is 27.5 Å². The summed E-state index contributed by atoms with van der Waals surface area (Å²) in [7, 11) is -4.10. The first-order valence-corrected chi connectivity index (χ1v) is 12.6. The first kappa shape index (κ1) is 26.1. The van der Waals surface area contributed by atoms with E-state index in [2.05, 4.69) is 5.32 Å². The van der Waals surface area contributed by atoms with Gasteiger partial charge >= 0.3 is 5.97 Å². The van der Waals surface area contributed by atoms with Crippen molar-refractivity contribution in [2.45, 2.75) is 18.7 Å². The molecule has 0 bridgehead atoms. The highest BCUT2D eigenvalue weighted by molar-refractivity contribution is 7.92. The lowest BCUT2D eigenvalue weighted by molar-refractivity contribution is -0.114. The molecule has 3 aromatic rings. The Bertz CT molecular complexity index is 1260. The van der Waals surface area contributed by atoms with Crippen LogP contribution in [-0.2, 0) is 19.6 Å². The lowest BCUT2D eigenvalue weighted by Crippen LogP contribution is -2.38. The minimum atomic E-state index is -4.10. The van der Waals surface area contributed by atoms with E-state index >= 15 is 0 Å². The Kier molecular flexibility index (Phi) is 8.73. The number of benzene rings is 3. The van der Waals surface area contributed by atoms with Gasteiger partial charge in [-0.05, 0) is 86.6 Å². The number of nitrogens with zero attached hydrogens (tertiary/aromatic N) is 1. The van der Waals surface area contributed by atoms with E-state index < -0.39 is 28.4 Å². The highest BCUT2D eigenvalue weighted by atomic mass is 35.5. The summed E-state index contributed by atoms with van der Waals surface area (Å²) in [4.78, 5) is 24.7. The summed E-state index contributed by atoms with van der Waals surface area (Å²) in [5, 5.41) is 3.05. The Morgan fingerprint density at radius 3 is 2.09 bits per heavy atom. The van der Waals surface area contributed by atoms with Crippen LogP contribution in [0.15, 0.2) is 77.7 Å². The maximum Gasteiger partial charge on any atom is 0.338 e. The third-order valence-corrected chi connectivity index (χ3v) is 6.84. The minimum Gasteiger partial charge on any atom is -0.494 e. The number of carbonyl (C=O) groups excluding carboxylic acids is 2. The van der Waals surface area contributed by atoms with Gasteiger partial charge in [-0.25, -0.2) is 13.2 Å². The number of sulfonamides is 1. The molecule has 0 aromatic heterocycles. The van der Waals surface area contributed by atoms with Gasteiger partial charge in [0.15, 0.2) is 0 Å². The molecule has 0 aliphatic carbocycles. The summed E-state index contributed by atoms with van der Waals surface area (Å²) in [5.74, 6) is -0.465. The number of esters is 1. The standard InChI is InChI=1S/C25H25ClN2O6S/c1-3-33-22-13-11-21(12-14-22)28(35(31,32)23-15-7-19(26)8-16-23)17-24(29)27-20-9-5-18(6-10-20)25(30)34-4-2/h5-16H,3-4,17H2,1-2H3,(H,27,29). The second kappa shape index (κ2) is 11.7. The summed E-state index contributed by atoms with van der Waals surface area (Å²) < 4.78 is 38.3. The first-order valence-electron chi connectivity index (χ1n) is 10.8. The van der Waals surface area contributed by atoms with Crippen LogP contribution in [0.5, 0.6) is 5.75 Å². The Hall–Kier alpha value is -3.56. The maximum absolute atomic E-state index is 13.4. The molecule has 10 heteroatoms. The molecule has 0 aliphatic rings. The van der Waals surface area contributed by atoms with Crippen LogP contribution < -0.4 is 14.4 Å². The van der Waals surface area contributed by atoms with Gasteiger partial charge in [0.2, 0.25) is 5.91 Å². The number of halogens is 1. The number of nitrogens with one attached hydrogen (secondary N) is 1. The fraction of sp³-hybridized carbons (Fsp3) is 0.200. The van der Waals surface area contributed by atoms with Gasteiger partial charge in [0.1, 0.15) is 12.3 Å². The van der Waals surface area contributed by atoms with Gasteiger partial charge in [0, 0.05) is 10.7 Å². The molecule has 0 saturated carbocycles. The maximum atomic E-state index is 13.4. The van der Waals surface area contributed by atoms with Crippen LogP contribution in [0.1, 0.15) is 24.2 Å². The molecular weight excluding hydrogens is 492 g/mol. The second-order valence-corrected chi connectivity index (χ2v) is 9.54. The molecule has 3 rings (SSSR count). The van der Waals surface area contributed by atoms with Gasteiger partial charge in [-0.2, -0.15) is 0 Å². The molecule has 0 unspecified atom stereocenters. The zero-order chi connectivity index (χ0) is 25.4. The third-order valence-electron chi connectivity index (χ3n) is 4.80. The Morgan fingerprint density at radius 1 is 0.886 bits per heavy atom. The van der Waals surface area contributed by atoms with E-state index in [1.807, 2.05) is 6.92 Å². The smallest absolute Gasteiger partial charge is 0.338 e. The fourth-order valence-corrected chi connectivity index (χ4v) is 4.71. The Balaban J connectivity index is 1.85. The van der Waals surface area contributed by atoms with E-state index in [1.54, 1.807) is 43.3 Å². The van der Waals surface area contributed by atoms with E-state index in [0.717, 1.165) is 4.31 Å². The number of rotatable bonds is 10. The number of anilines is 2. The molecule has 0 saturated heterocycles. The van der Waals surface area contributed by atoms with Gasteiger partial charge in [-0.3, -0.25) is 9.10 Å². The summed E-state index contributed by atoms with van der Waals surface area (Å²) in [6.45, 7) is 3.78. The number of hydrogen-bond donors (Lipinski definition) is 1. The molecule has 1 amide bonds. The molecule has 0 aliphatic heterocycles. The van der Waals surface area contributed by atoms with E-state index in [0.29, 0.717) is 28.6 Å². The molecule has 0 spiro atoms. The summed E-state index contributed by atoms with van der Waals surface area (Å²) >= 11 is 5.91. The summed E-state index contributed by atoms with van der Waals surface area (Å²) in [6, 6.07) is 18.2. The predicted octanol–water partition coefficient (Wildman–Crippen LogP) is 4.75. The first-order chi connectivity index (χ1) is 16.7. The van der Waals surface area contributed by atoms with Crippen molar-refractivity contribution in [3.63, 3.8) is 0 Å². The molecule has 1 N–H and O–H groups in total. The summed E-state index contributed by atoms with van der Waals surface area (Å²) in [6.07, 6.45) is 0. The van der Waals surface area contributed by atoms with Crippen LogP contribution in [0.3, 0.4) is 0 Å². The average molecular weight is 517 g/mol. The largest absolute Gasteiger partial charge is 0.494 e. The van der Waals surface area contributed by atoms with Crippen molar-refractivity contribution in [2.75, 3.05) is 29.4 Å². The van der Waals surface area contributed by atoms with Crippen molar-refractivity contribution in [3.8, 4) is 5.75 Å². The SMILES string of the molecule is CCOC(=O)c1ccc(NC(=O)CN(c2ccc(OCC)cc2)S(=O)(=O)c2ccc(Cl)cc2)cc1. The van der Waals surface area contributed by atoms with Crippen molar-refractivity contribution in [2.24, 2.45) is 0 Å². The molecule has 0 atom stereocenters. The number of hydrogen-bond acceptors (Lipinski definition) is 6. The van der Waals surface area contributed by atoms with Crippen LogP contribution in [-0.4, -0.2) is 40.1 Å². The molecule has 8 nitrogen and oxygen atoms in total. The van der Waals surface area contributed by atoms with Crippen molar-refractivity contribution in [1.29, 1.82) is 0 Å². The van der Waals surface area contributed by atoms with Crippen molar-refractivity contribution in [3.05, 3.63) is 83.4 Å². The number of amides is 1. The Morgan fingerprint density at radius 2 is 1.51 bits per heavy atom. The second-order valence-electron chi connectivity index (χ2n) is 7.24. The van der Waals surface area contributed by atoms with Crippen LogP contribution in [0.25, 0.3) is 0 Å². The van der Waals surface area contributed by atoms with E-state index in [4.69, 9.17) is 21.1 Å². The van der Waals surface area contributed by atoms with Crippen LogP contribution >= 0.6 is 11.6 Å². The Labute approximate surface area is 209 Å². The fourth-order valence-electron chi connectivity index (χ4n) is 3.16. The van der Waals surface area contributed by atoms with Gasteiger partial charge < -0.3 is 14.8 Å². The van der Waals surface area contributed by atoms with E-state index in [-0.39, 0.29) is 17.2 Å². The molecule has 184 valence electrons. The highest BCUT2D eigenvalue weighted by Gasteiger charge is 2.27. The third kappa shape index (κ3) is 6.74. The zero-order valence-electron chi connectivity index (χ0n) is 19.2. The van der Waals surface area contributed by atoms with Crippen LogP contribution in [0, 0.1) is 0 Å².